The number of hydrogen-bond donors (Lipinski definition) is 3. The zero-order valence-electron chi connectivity index (χ0n) is 23.2. The molecule has 0 saturated carbocycles. The lowest BCUT2D eigenvalue weighted by Gasteiger charge is -2.34. The molecular formula is C25H46N4O8. The second-order valence-electron chi connectivity index (χ2n) is 11.3. The number of hydrogen-bond acceptors (Lipinski definition) is 10. The highest BCUT2D eigenvalue weighted by atomic mass is 16.6. The fourth-order valence-corrected chi connectivity index (χ4v) is 3.94. The molecule has 0 spiro atoms. The van der Waals surface area contributed by atoms with Gasteiger partial charge in [-0.25, -0.2) is 0 Å². The first-order valence-corrected chi connectivity index (χ1v) is 12.8. The van der Waals surface area contributed by atoms with E-state index in [1.54, 1.807) is 46.4 Å². The number of aliphatic carboxylic acids is 2. The van der Waals surface area contributed by atoms with Crippen molar-refractivity contribution in [1.82, 2.24) is 20.0 Å². The molecule has 37 heavy (non-hydrogen) atoms. The Bertz CT molecular complexity index is 719. The van der Waals surface area contributed by atoms with Gasteiger partial charge in [-0.15, -0.1) is 0 Å². The predicted octanol–water partition coefficient (Wildman–Crippen LogP) is 0.497. The first-order valence-electron chi connectivity index (χ1n) is 12.8. The number of carbonyl (C=O) groups is 4. The minimum absolute atomic E-state index is 0.0512. The lowest BCUT2D eigenvalue weighted by atomic mass is 10.1. The van der Waals surface area contributed by atoms with Crippen LogP contribution < -0.4 is 5.32 Å². The third kappa shape index (κ3) is 15.5. The summed E-state index contributed by atoms with van der Waals surface area (Å²) in [5, 5.41) is 22.3. The van der Waals surface area contributed by atoms with Gasteiger partial charge in [0, 0.05) is 58.8 Å². The number of carboxylic acid groups (broad SMARTS) is 2. The van der Waals surface area contributed by atoms with Gasteiger partial charge in [0.1, 0.15) is 17.2 Å². The summed E-state index contributed by atoms with van der Waals surface area (Å²) in [4.78, 5) is 53.7. The van der Waals surface area contributed by atoms with Gasteiger partial charge in [0.25, 0.3) is 0 Å². The molecule has 1 aliphatic heterocycles. The van der Waals surface area contributed by atoms with Crippen LogP contribution in [0.5, 0.6) is 0 Å². The Morgan fingerprint density at radius 1 is 0.757 bits per heavy atom. The number of esters is 2. The molecule has 3 N–H and O–H groups in total. The topological polar surface area (TPSA) is 149 Å². The van der Waals surface area contributed by atoms with E-state index in [9.17, 15) is 24.3 Å². The van der Waals surface area contributed by atoms with Crippen LogP contribution in [0.15, 0.2) is 0 Å². The molecule has 1 aliphatic rings. The molecular weight excluding hydrogens is 484 g/mol. The second kappa shape index (κ2) is 15.2. The first kappa shape index (κ1) is 32.7. The lowest BCUT2D eigenvalue weighted by Crippen LogP contribution is -2.51. The van der Waals surface area contributed by atoms with Gasteiger partial charge in [-0.3, -0.25) is 33.9 Å². The number of rotatable bonds is 9. The molecule has 0 aromatic rings. The Balaban J connectivity index is 3.03. The molecule has 214 valence electrons. The van der Waals surface area contributed by atoms with Crippen molar-refractivity contribution in [3.63, 3.8) is 0 Å². The predicted molar refractivity (Wildman–Crippen MR) is 137 cm³/mol. The van der Waals surface area contributed by atoms with Crippen molar-refractivity contribution in [2.24, 2.45) is 0 Å². The summed E-state index contributed by atoms with van der Waals surface area (Å²) in [5.41, 5.74) is -1.23. The molecule has 0 aromatic heterocycles. The fraction of sp³-hybridized carbons (Fsp3) is 0.840. The maximum Gasteiger partial charge on any atom is 0.320 e. The summed E-state index contributed by atoms with van der Waals surface area (Å²) in [6, 6.07) is -1.01. The van der Waals surface area contributed by atoms with Crippen molar-refractivity contribution in [3.8, 4) is 0 Å². The van der Waals surface area contributed by atoms with Gasteiger partial charge in [0.2, 0.25) is 0 Å². The molecule has 0 aliphatic carbocycles. The molecule has 1 saturated heterocycles. The smallest absolute Gasteiger partial charge is 0.320 e. The highest BCUT2D eigenvalue weighted by molar-refractivity contribution is 5.75. The van der Waals surface area contributed by atoms with Gasteiger partial charge >= 0.3 is 23.9 Å². The minimum atomic E-state index is -1.10. The molecule has 0 bridgehead atoms. The molecule has 1 rings (SSSR count). The van der Waals surface area contributed by atoms with E-state index in [0.29, 0.717) is 52.4 Å². The van der Waals surface area contributed by atoms with Crippen LogP contribution in [0.4, 0.5) is 0 Å². The number of carboxylic acids is 2. The molecule has 12 nitrogen and oxygen atoms in total. The summed E-state index contributed by atoms with van der Waals surface area (Å²) >= 11 is 0. The second-order valence-corrected chi connectivity index (χ2v) is 11.3. The third-order valence-electron chi connectivity index (χ3n) is 5.52. The summed E-state index contributed by atoms with van der Waals surface area (Å²) in [6.45, 7) is 14.6. The third-order valence-corrected chi connectivity index (χ3v) is 5.52. The summed E-state index contributed by atoms with van der Waals surface area (Å²) in [5.74, 6) is -2.90. The standard InChI is InChI=1S/C25H46N4O8/c1-24(2,3)36-21(32)17-27-11-9-26-10-12-28(18-22(33)37-25(4,5)6)14-16-29(15-13-27)19(23(34)35)7-8-20(30)31/h19,26H,7-18H2,1-6H3,(H,30,31)(H,34,35)/t19-/m1/s1. The van der Waals surface area contributed by atoms with Gasteiger partial charge in [0.15, 0.2) is 0 Å². The van der Waals surface area contributed by atoms with Gasteiger partial charge in [-0.05, 0) is 48.0 Å². The summed E-state index contributed by atoms with van der Waals surface area (Å²) in [6.07, 6.45) is -0.328. The van der Waals surface area contributed by atoms with E-state index < -0.39 is 29.2 Å². The Labute approximate surface area is 220 Å². The maximum absolute atomic E-state index is 12.4. The van der Waals surface area contributed by atoms with Crippen molar-refractivity contribution in [2.45, 2.75) is 71.6 Å². The zero-order valence-corrected chi connectivity index (χ0v) is 23.2. The zero-order chi connectivity index (χ0) is 28.2. The van der Waals surface area contributed by atoms with E-state index in [0.717, 1.165) is 0 Å². The molecule has 0 unspecified atom stereocenters. The van der Waals surface area contributed by atoms with Crippen molar-refractivity contribution < 1.29 is 38.9 Å². The number of carbonyl (C=O) groups excluding carboxylic acids is 2. The first-order chi connectivity index (χ1) is 17.1. The number of nitrogens with one attached hydrogen (secondary N) is 1. The van der Waals surface area contributed by atoms with Crippen LogP contribution in [0.2, 0.25) is 0 Å². The molecule has 1 heterocycles. The van der Waals surface area contributed by atoms with E-state index in [1.807, 2.05) is 9.80 Å². The van der Waals surface area contributed by atoms with Gasteiger partial charge in [0.05, 0.1) is 13.1 Å². The largest absolute Gasteiger partial charge is 0.481 e. The molecule has 0 aromatic carbocycles. The monoisotopic (exact) mass is 530 g/mol. The lowest BCUT2D eigenvalue weighted by molar-refractivity contribution is -0.157. The van der Waals surface area contributed by atoms with Crippen LogP contribution in [-0.2, 0) is 28.7 Å². The SMILES string of the molecule is CC(C)(C)OC(=O)CN1CCNCCN(CC(=O)OC(C)(C)C)CCN([C@H](CCC(=O)O)C(=O)O)CC1. The van der Waals surface area contributed by atoms with E-state index in [1.165, 1.54) is 0 Å². The molecule has 1 atom stereocenters. The molecule has 0 radical (unpaired) electrons. The maximum atomic E-state index is 12.4. The number of ether oxygens (including phenoxy) is 2. The Kier molecular flexibility index (Phi) is 13.5. The molecule has 0 amide bonds. The fourth-order valence-electron chi connectivity index (χ4n) is 3.94. The van der Waals surface area contributed by atoms with Crippen LogP contribution in [0.25, 0.3) is 0 Å². The van der Waals surface area contributed by atoms with Crippen LogP contribution >= 0.6 is 0 Å². The van der Waals surface area contributed by atoms with E-state index in [4.69, 9.17) is 14.6 Å². The van der Waals surface area contributed by atoms with Crippen molar-refractivity contribution >= 4 is 23.9 Å². The van der Waals surface area contributed by atoms with Gasteiger partial charge < -0.3 is 25.0 Å². The Morgan fingerprint density at radius 2 is 1.19 bits per heavy atom. The van der Waals surface area contributed by atoms with E-state index in [-0.39, 0.29) is 37.9 Å². The van der Waals surface area contributed by atoms with Crippen LogP contribution in [0.1, 0.15) is 54.4 Å². The highest BCUT2D eigenvalue weighted by Crippen LogP contribution is 2.12. The van der Waals surface area contributed by atoms with Crippen LogP contribution in [0.3, 0.4) is 0 Å². The average molecular weight is 531 g/mol. The highest BCUT2D eigenvalue weighted by Gasteiger charge is 2.28. The van der Waals surface area contributed by atoms with Crippen molar-refractivity contribution in [2.75, 3.05) is 65.4 Å². The van der Waals surface area contributed by atoms with Crippen molar-refractivity contribution in [1.29, 1.82) is 0 Å². The summed E-state index contributed by atoms with van der Waals surface area (Å²) in [7, 11) is 0. The van der Waals surface area contributed by atoms with Gasteiger partial charge in [-0.1, -0.05) is 0 Å². The minimum Gasteiger partial charge on any atom is -0.481 e. The van der Waals surface area contributed by atoms with E-state index in [2.05, 4.69) is 5.32 Å². The van der Waals surface area contributed by atoms with Crippen LogP contribution in [0, 0.1) is 0 Å². The Hall–Kier alpha value is -2.28. The number of nitrogens with zero attached hydrogens (tertiary/aromatic N) is 3. The normalized spacial score (nSPS) is 18.8. The van der Waals surface area contributed by atoms with Crippen molar-refractivity contribution in [3.05, 3.63) is 0 Å². The average Bonchev–Trinajstić information content (AvgIpc) is 2.69. The van der Waals surface area contributed by atoms with Gasteiger partial charge in [-0.2, -0.15) is 0 Å². The quantitative estimate of drug-likeness (QED) is 0.356. The van der Waals surface area contributed by atoms with Crippen LogP contribution in [-0.4, -0.2) is 131 Å². The molecule has 12 heteroatoms. The van der Waals surface area contributed by atoms with E-state index >= 15 is 0 Å². The summed E-state index contributed by atoms with van der Waals surface area (Å²) < 4.78 is 10.9. The Morgan fingerprint density at radius 3 is 1.54 bits per heavy atom. The molecule has 1 fully saturated rings.